The number of amides is 1. The molecule has 0 aliphatic rings. The van der Waals surface area contributed by atoms with Crippen LogP contribution in [0.1, 0.15) is 15.9 Å². The third-order valence-electron chi connectivity index (χ3n) is 2.83. The Morgan fingerprint density at radius 2 is 1.65 bits per heavy atom. The van der Waals surface area contributed by atoms with Gasteiger partial charge in [-0.05, 0) is 12.1 Å². The van der Waals surface area contributed by atoms with Gasteiger partial charge in [-0.3, -0.25) is 9.59 Å². The van der Waals surface area contributed by atoms with Crippen molar-refractivity contribution in [3.05, 3.63) is 65.7 Å². The van der Waals surface area contributed by atoms with Crippen molar-refractivity contribution in [2.24, 2.45) is 0 Å². The molecule has 0 aromatic heterocycles. The maximum atomic E-state index is 11.9. The number of hydrogen-bond donors (Lipinski definition) is 1. The Kier molecular flexibility index (Phi) is 4.50. The van der Waals surface area contributed by atoms with E-state index in [0.717, 1.165) is 5.75 Å². The van der Waals surface area contributed by atoms with Crippen LogP contribution in [0.5, 0.6) is 5.75 Å². The lowest BCUT2D eigenvalue weighted by molar-refractivity contribution is -0.116. The quantitative estimate of drug-likeness (QED) is 0.668. The number of likely N-dealkylation sites (N-methyl/N-ethyl adjacent to an activating group) is 1. The fraction of sp³-hybridized carbons (Fsp3) is 0.125. The van der Waals surface area contributed by atoms with Crippen molar-refractivity contribution in [3.8, 4) is 5.75 Å². The van der Waals surface area contributed by atoms with Crippen molar-refractivity contribution >= 4 is 11.7 Å². The second-order valence-corrected chi connectivity index (χ2v) is 4.17. The van der Waals surface area contributed by atoms with Crippen molar-refractivity contribution in [2.75, 3.05) is 7.05 Å². The van der Waals surface area contributed by atoms with Crippen LogP contribution in [0.2, 0.25) is 0 Å². The van der Waals surface area contributed by atoms with Crippen LogP contribution in [-0.2, 0) is 11.4 Å². The predicted molar refractivity (Wildman–Crippen MR) is 75.6 cm³/mol. The van der Waals surface area contributed by atoms with E-state index in [4.69, 9.17) is 4.74 Å². The summed E-state index contributed by atoms with van der Waals surface area (Å²) >= 11 is 0. The molecule has 0 aliphatic carbocycles. The van der Waals surface area contributed by atoms with Crippen LogP contribution in [0.3, 0.4) is 0 Å². The molecule has 0 spiro atoms. The van der Waals surface area contributed by atoms with E-state index in [-0.39, 0.29) is 6.61 Å². The zero-order valence-corrected chi connectivity index (χ0v) is 11.1. The van der Waals surface area contributed by atoms with E-state index < -0.39 is 11.7 Å². The predicted octanol–water partition coefficient (Wildman–Crippen LogP) is 2.19. The lowest BCUT2D eigenvalue weighted by Gasteiger charge is -2.09. The van der Waals surface area contributed by atoms with Gasteiger partial charge in [0.2, 0.25) is 0 Å². The topological polar surface area (TPSA) is 55.4 Å². The van der Waals surface area contributed by atoms with Crippen LogP contribution in [0.4, 0.5) is 0 Å². The molecule has 0 heterocycles. The molecule has 2 aromatic rings. The van der Waals surface area contributed by atoms with E-state index in [0.29, 0.717) is 11.1 Å². The first-order chi connectivity index (χ1) is 9.72. The number of Topliss-reactive ketones (excluding diaryl/α,β-unsaturated/α-hetero) is 1. The molecule has 0 fully saturated rings. The molecule has 0 radical (unpaired) electrons. The first-order valence-electron chi connectivity index (χ1n) is 6.24. The van der Waals surface area contributed by atoms with Gasteiger partial charge in [0.1, 0.15) is 12.4 Å². The minimum absolute atomic E-state index is 0.239. The molecule has 1 N–H and O–H groups in total. The van der Waals surface area contributed by atoms with Gasteiger partial charge in [0.25, 0.3) is 11.7 Å². The number of rotatable bonds is 5. The van der Waals surface area contributed by atoms with Gasteiger partial charge < -0.3 is 10.1 Å². The average Bonchev–Trinajstić information content (AvgIpc) is 2.52. The third kappa shape index (κ3) is 3.23. The normalized spacial score (nSPS) is 9.85. The van der Waals surface area contributed by atoms with E-state index in [1.165, 1.54) is 7.05 Å². The fourth-order valence-electron chi connectivity index (χ4n) is 1.78. The number of carbonyl (C=O) groups excluding carboxylic acids is 2. The molecule has 0 saturated carbocycles. The van der Waals surface area contributed by atoms with Crippen molar-refractivity contribution in [3.63, 3.8) is 0 Å². The summed E-state index contributed by atoms with van der Waals surface area (Å²) in [5.74, 6) is -0.466. The summed E-state index contributed by atoms with van der Waals surface area (Å²) < 4.78 is 5.61. The van der Waals surface area contributed by atoms with Gasteiger partial charge in [0.05, 0.1) is 0 Å². The van der Waals surface area contributed by atoms with E-state index in [2.05, 4.69) is 5.32 Å². The average molecular weight is 269 g/mol. The van der Waals surface area contributed by atoms with Gasteiger partial charge >= 0.3 is 0 Å². The van der Waals surface area contributed by atoms with Crippen LogP contribution >= 0.6 is 0 Å². The molecule has 0 saturated heterocycles. The van der Waals surface area contributed by atoms with Crippen molar-refractivity contribution < 1.29 is 14.3 Å². The molecule has 0 atom stereocenters. The lowest BCUT2D eigenvalue weighted by atomic mass is 10.0. The maximum absolute atomic E-state index is 11.9. The second kappa shape index (κ2) is 6.52. The second-order valence-electron chi connectivity index (χ2n) is 4.17. The minimum atomic E-state index is -0.628. The summed E-state index contributed by atoms with van der Waals surface area (Å²) in [5.41, 5.74) is 1.05. The maximum Gasteiger partial charge on any atom is 0.292 e. The summed E-state index contributed by atoms with van der Waals surface area (Å²) in [4.78, 5) is 23.4. The van der Waals surface area contributed by atoms with Gasteiger partial charge in [-0.1, -0.05) is 42.5 Å². The molecule has 4 nitrogen and oxygen atoms in total. The van der Waals surface area contributed by atoms with Crippen LogP contribution in [-0.4, -0.2) is 18.7 Å². The van der Waals surface area contributed by atoms with Gasteiger partial charge in [0.15, 0.2) is 0 Å². The first-order valence-corrected chi connectivity index (χ1v) is 6.24. The Bertz CT molecular complexity index is 608. The molecule has 1 amide bonds. The van der Waals surface area contributed by atoms with Gasteiger partial charge in [-0.2, -0.15) is 0 Å². The number of carbonyl (C=O) groups is 2. The highest BCUT2D eigenvalue weighted by molar-refractivity contribution is 6.43. The van der Waals surface area contributed by atoms with Crippen molar-refractivity contribution in [1.82, 2.24) is 5.32 Å². The molecular formula is C16H15NO3. The minimum Gasteiger partial charge on any atom is -0.489 e. The molecule has 0 aliphatic heterocycles. The number of ether oxygens (including phenoxy) is 1. The molecule has 102 valence electrons. The molecule has 0 unspecified atom stereocenters. The Labute approximate surface area is 117 Å². The molecule has 4 heteroatoms. The number of ketones is 1. The number of nitrogens with one attached hydrogen (secondary N) is 1. The van der Waals surface area contributed by atoms with E-state index in [9.17, 15) is 9.59 Å². The van der Waals surface area contributed by atoms with Gasteiger partial charge in [-0.15, -0.1) is 0 Å². The lowest BCUT2D eigenvalue weighted by Crippen LogP contribution is -2.28. The van der Waals surface area contributed by atoms with E-state index in [1.54, 1.807) is 18.2 Å². The Morgan fingerprint density at radius 1 is 1.00 bits per heavy atom. The van der Waals surface area contributed by atoms with Crippen LogP contribution in [0, 0.1) is 0 Å². The zero-order valence-electron chi connectivity index (χ0n) is 11.1. The highest BCUT2D eigenvalue weighted by Gasteiger charge is 2.17. The largest absolute Gasteiger partial charge is 0.489 e. The number of benzene rings is 2. The van der Waals surface area contributed by atoms with Crippen LogP contribution < -0.4 is 10.1 Å². The number of para-hydroxylation sites is 1. The highest BCUT2D eigenvalue weighted by Crippen LogP contribution is 2.15. The summed E-state index contributed by atoms with van der Waals surface area (Å²) in [7, 11) is 1.43. The smallest absolute Gasteiger partial charge is 0.292 e. The summed E-state index contributed by atoms with van der Waals surface area (Å²) in [6.07, 6.45) is 0. The standard InChI is InChI=1S/C16H15NO3/c1-17-16(19)15(18)14-10-6-5-7-12(14)11-20-13-8-3-2-4-9-13/h2-10H,11H2,1H3,(H,17,19). The Morgan fingerprint density at radius 3 is 2.35 bits per heavy atom. The summed E-state index contributed by atoms with van der Waals surface area (Å²) in [5, 5.41) is 2.33. The molecule has 20 heavy (non-hydrogen) atoms. The fourth-order valence-corrected chi connectivity index (χ4v) is 1.78. The van der Waals surface area contributed by atoms with Crippen molar-refractivity contribution in [1.29, 1.82) is 0 Å². The summed E-state index contributed by atoms with van der Waals surface area (Å²) in [6, 6.07) is 16.3. The molecular weight excluding hydrogens is 254 g/mol. The third-order valence-corrected chi connectivity index (χ3v) is 2.83. The van der Waals surface area contributed by atoms with E-state index >= 15 is 0 Å². The van der Waals surface area contributed by atoms with Crippen molar-refractivity contribution in [2.45, 2.75) is 6.61 Å². The SMILES string of the molecule is CNC(=O)C(=O)c1ccccc1COc1ccccc1. The Balaban J connectivity index is 2.16. The molecule has 2 rings (SSSR count). The summed E-state index contributed by atoms with van der Waals surface area (Å²) in [6.45, 7) is 0.239. The van der Waals surface area contributed by atoms with Gasteiger partial charge in [0, 0.05) is 18.2 Å². The Hall–Kier alpha value is -2.62. The van der Waals surface area contributed by atoms with Crippen LogP contribution in [0.15, 0.2) is 54.6 Å². The monoisotopic (exact) mass is 269 g/mol. The zero-order chi connectivity index (χ0) is 14.4. The first kappa shape index (κ1) is 13.8. The molecule has 0 bridgehead atoms. The van der Waals surface area contributed by atoms with Gasteiger partial charge in [-0.25, -0.2) is 0 Å². The molecule has 2 aromatic carbocycles. The van der Waals surface area contributed by atoms with Crippen LogP contribution in [0.25, 0.3) is 0 Å². The number of hydrogen-bond acceptors (Lipinski definition) is 3. The van der Waals surface area contributed by atoms with E-state index in [1.807, 2.05) is 36.4 Å². The highest BCUT2D eigenvalue weighted by atomic mass is 16.5.